The molecule has 48 heavy (non-hydrogen) atoms. The van der Waals surface area contributed by atoms with Crippen molar-refractivity contribution in [3.8, 4) is 11.1 Å². The zero-order valence-electron chi connectivity index (χ0n) is 44.8. The summed E-state index contributed by atoms with van der Waals surface area (Å²) in [7, 11) is 0. The molecule has 1 amide bonds. The Balaban J connectivity index is 1.74. The zero-order valence-corrected chi connectivity index (χ0v) is 26.6. The van der Waals surface area contributed by atoms with Gasteiger partial charge >= 0.3 is 6.18 Å². The van der Waals surface area contributed by atoms with Gasteiger partial charge in [0.05, 0.1) is 23.4 Å². The predicted molar refractivity (Wildman–Crippen MR) is 181 cm³/mol. The monoisotopic (exact) mass is 699 g/mol. The Bertz CT molecular complexity index is 2660. The van der Waals surface area contributed by atoms with Crippen LogP contribution >= 0.6 is 11.8 Å². The fourth-order valence-electron chi connectivity index (χ4n) is 4.81. The number of alkyl halides is 3. The van der Waals surface area contributed by atoms with Crippen LogP contribution in [0.4, 0.5) is 17.6 Å². The molecular weight excluding hydrogens is 640 g/mol. The Kier molecular flexibility index (Phi) is 5.86. The number of halogens is 4. The summed E-state index contributed by atoms with van der Waals surface area (Å²) in [5.74, 6) is -2.94. The summed E-state index contributed by atoms with van der Waals surface area (Å²) in [6.07, 6.45) is -4.77. The van der Waals surface area contributed by atoms with E-state index in [-0.39, 0.29) is 35.9 Å². The lowest BCUT2D eigenvalue weighted by Gasteiger charge is -2.28. The van der Waals surface area contributed by atoms with Crippen molar-refractivity contribution in [3.63, 3.8) is 0 Å². The third-order valence-electron chi connectivity index (χ3n) is 7.13. The largest absolute Gasteiger partial charge is 0.416 e. The molecule has 6 nitrogen and oxygen atoms in total. The smallest absolute Gasteiger partial charge is 0.336 e. The Labute approximate surface area is 309 Å². The van der Waals surface area contributed by atoms with Crippen molar-refractivity contribution in [3.05, 3.63) is 116 Å². The molecular formula is C37H40F4N4O2S. The molecule has 1 aromatic heterocycles. The van der Waals surface area contributed by atoms with Crippen molar-refractivity contribution < 1.29 is 48.4 Å². The van der Waals surface area contributed by atoms with Gasteiger partial charge in [0, 0.05) is 44.8 Å². The number of fused-ring (bicyclic) bond motifs is 1. The Hall–Kier alpha value is -3.96. The molecule has 0 fully saturated rings. The summed E-state index contributed by atoms with van der Waals surface area (Å²) in [6.45, 7) is -8.77. The van der Waals surface area contributed by atoms with E-state index in [2.05, 4.69) is 4.98 Å². The number of thioether (sulfide) groups is 1. The lowest BCUT2D eigenvalue weighted by molar-refractivity contribution is -0.138. The lowest BCUT2D eigenvalue weighted by Crippen LogP contribution is -2.40. The Morgan fingerprint density at radius 1 is 0.979 bits per heavy atom. The van der Waals surface area contributed by atoms with Gasteiger partial charge in [0.2, 0.25) is 5.91 Å². The third-order valence-corrected chi connectivity index (χ3v) is 7.93. The Morgan fingerprint density at radius 2 is 1.65 bits per heavy atom. The fraction of sp³-hybridized carbons (Fsp3) is 0.378. The second-order valence-electron chi connectivity index (χ2n) is 10.2. The van der Waals surface area contributed by atoms with E-state index >= 15 is 0 Å². The number of rotatable bonds is 13. The van der Waals surface area contributed by atoms with Gasteiger partial charge in [0.15, 0.2) is 5.16 Å². The van der Waals surface area contributed by atoms with Crippen LogP contribution in [0.5, 0.6) is 0 Å². The molecule has 4 aromatic rings. The maximum Gasteiger partial charge on any atom is 0.416 e. The number of carbonyl (C=O) groups excluding carboxylic acids is 1. The van der Waals surface area contributed by atoms with E-state index in [1.54, 1.807) is 0 Å². The molecule has 0 bridgehead atoms. The predicted octanol–water partition coefficient (Wildman–Crippen LogP) is 7.53. The number of hydrogen-bond donors (Lipinski definition) is 0. The van der Waals surface area contributed by atoms with Crippen LogP contribution in [0, 0.1) is 12.7 Å². The topological polar surface area (TPSA) is 58.4 Å². The highest BCUT2D eigenvalue weighted by molar-refractivity contribution is 7.98. The van der Waals surface area contributed by atoms with Crippen LogP contribution in [-0.4, -0.2) is 51.3 Å². The number of likely N-dealkylation sites (N-methyl/N-ethyl adjacent to an activating group) is 1. The average Bonchev–Trinajstić information content (AvgIpc) is 3.68. The summed E-state index contributed by atoms with van der Waals surface area (Å²) in [6, 6.07) is -13.4. The quantitative estimate of drug-likeness (QED) is 0.0821. The van der Waals surface area contributed by atoms with Crippen LogP contribution in [0.15, 0.2) is 76.4 Å². The normalized spacial score (nSPS) is 19.7. The molecule has 5 rings (SSSR count). The Morgan fingerprint density at radius 3 is 2.31 bits per heavy atom. The van der Waals surface area contributed by atoms with E-state index in [1.165, 1.54) is 0 Å². The lowest BCUT2D eigenvalue weighted by atomic mass is 9.98. The minimum absolute atomic E-state index is 0.0228. The van der Waals surface area contributed by atoms with Gasteiger partial charge in [-0.15, -0.1) is 0 Å². The maximum absolute atomic E-state index is 14.8. The van der Waals surface area contributed by atoms with Gasteiger partial charge in [0.25, 0.3) is 5.56 Å². The van der Waals surface area contributed by atoms with Crippen LogP contribution in [0.1, 0.15) is 79.8 Å². The molecule has 0 saturated carbocycles. The number of benzene rings is 3. The van der Waals surface area contributed by atoms with Crippen LogP contribution in [0.2, 0.25) is 0 Å². The van der Waals surface area contributed by atoms with Gasteiger partial charge in [-0.25, -0.2) is 4.39 Å². The number of aromatic nitrogens is 2. The molecule has 0 saturated heterocycles. The summed E-state index contributed by atoms with van der Waals surface area (Å²) in [4.78, 5) is 32.9. The first kappa shape index (κ1) is 18.2. The highest BCUT2D eigenvalue weighted by Crippen LogP contribution is 2.34. The molecule has 3 aromatic carbocycles. The second-order valence-corrected chi connectivity index (χ2v) is 11.0. The molecule has 1 aliphatic rings. The molecule has 0 atom stereocenters. The van der Waals surface area contributed by atoms with Crippen LogP contribution < -0.4 is 5.56 Å². The summed E-state index contributed by atoms with van der Waals surface area (Å²) in [5, 5.41) is -0.631. The zero-order chi connectivity index (χ0) is 51.2. The van der Waals surface area contributed by atoms with Gasteiger partial charge in [0.1, 0.15) is 12.4 Å². The van der Waals surface area contributed by atoms with E-state index in [4.69, 9.17) is 23.3 Å². The van der Waals surface area contributed by atoms with Crippen LogP contribution in [0.3, 0.4) is 0 Å². The summed E-state index contributed by atoms with van der Waals surface area (Å²) < 4.78 is 219. The standard InChI is InChI=1S/C37H40F4N4O2S/c1-4-43(5-2)19-20-44(22-26-9-13-28(14-10-26)29-15-18-32(25(3)21-29)37(39,40)41)34(46)23-45-33-8-6-7-31(33)35(47)42-36(45)48-24-27-11-16-30(38)17-12-27/h9-18,21H,4-8,19-20,22-24H2,1-3H3/i4D2,5D2,9D,10D,11D,12D,13D,14D,15D,16D,17D,18D,21D,22D2,24D2. The SMILES string of the molecule is [2H]c1c([2H])c(C([2H])([2H])Sc2nc(=O)c3c(n2CC(=O)N(CCN(C([2H])([2H])C)C([2H])([2H])C)C([2H])([2H])c2c([2H])c([2H])c(-c4c([2H])c([2H])c(C(F)(F)F)c(C)c4[2H])c([2H])c2[2H])CCC3)c([2H])c([2H])c1F. The second kappa shape index (κ2) is 15.5. The van der Waals surface area contributed by atoms with Gasteiger partial charge < -0.3 is 14.4 Å². The molecule has 254 valence electrons. The van der Waals surface area contributed by atoms with Crippen molar-refractivity contribution in [1.29, 1.82) is 0 Å². The molecule has 0 aliphatic heterocycles. The summed E-state index contributed by atoms with van der Waals surface area (Å²) >= 11 is 0.0228. The van der Waals surface area contributed by atoms with Crippen molar-refractivity contribution in [2.75, 3.05) is 26.1 Å². The highest BCUT2D eigenvalue weighted by atomic mass is 32.2. The van der Waals surface area contributed by atoms with E-state index in [1.807, 2.05) is 0 Å². The molecule has 11 heteroatoms. The maximum atomic E-state index is 14.8. The van der Waals surface area contributed by atoms with Crippen LogP contribution in [0.25, 0.3) is 11.1 Å². The van der Waals surface area contributed by atoms with Crippen molar-refractivity contribution >= 4 is 17.7 Å². The van der Waals surface area contributed by atoms with E-state index in [0.29, 0.717) is 16.2 Å². The van der Waals surface area contributed by atoms with Gasteiger partial charge in [-0.3, -0.25) is 9.59 Å². The van der Waals surface area contributed by atoms with Crippen LogP contribution in [-0.2, 0) is 42.6 Å². The number of carbonyl (C=O) groups is 1. The van der Waals surface area contributed by atoms with Gasteiger partial charge in [-0.1, -0.05) is 73.9 Å². The molecule has 0 spiro atoms. The van der Waals surface area contributed by atoms with Crippen molar-refractivity contribution in [1.82, 2.24) is 19.4 Å². The molecule has 0 unspecified atom stereocenters. The molecule has 0 N–H and O–H groups in total. The third kappa shape index (κ3) is 8.54. The number of hydrogen-bond acceptors (Lipinski definition) is 5. The van der Waals surface area contributed by atoms with Crippen molar-refractivity contribution in [2.45, 2.75) is 70.1 Å². The fourth-order valence-corrected chi connectivity index (χ4v) is 5.52. The van der Waals surface area contributed by atoms with Crippen molar-refractivity contribution in [2.24, 2.45) is 0 Å². The average molecular weight is 700 g/mol. The number of nitrogens with zero attached hydrogens (tertiary/aromatic N) is 4. The molecule has 1 heterocycles. The van der Waals surface area contributed by atoms with Gasteiger partial charge in [-0.05, 0) is 85.1 Å². The van der Waals surface area contributed by atoms with E-state index in [0.717, 1.165) is 25.3 Å². The minimum Gasteiger partial charge on any atom is -0.336 e. The first-order valence-corrected chi connectivity index (χ1v) is 15.2. The van der Waals surface area contributed by atoms with Gasteiger partial charge in [-0.2, -0.15) is 18.2 Å². The minimum atomic E-state index is -5.21. The summed E-state index contributed by atoms with van der Waals surface area (Å²) in [5.41, 5.74) is -10.4. The first-order chi connectivity index (χ1) is 30.4. The van der Waals surface area contributed by atoms with E-state index in [9.17, 15) is 29.9 Å². The molecule has 1 aliphatic carbocycles. The highest BCUT2D eigenvalue weighted by Gasteiger charge is 2.32. The number of amides is 1. The van der Waals surface area contributed by atoms with E-state index < -0.39 is 173 Å². The first-order valence-electron chi connectivity index (χ1n) is 23.9. The molecule has 0 radical (unpaired) electrons.